The molecule has 4 N–H and O–H groups in total. The van der Waals surface area contributed by atoms with E-state index in [0.29, 0.717) is 12.2 Å². The van der Waals surface area contributed by atoms with Crippen LogP contribution in [0.25, 0.3) is 0 Å². The molecule has 0 aromatic heterocycles. The number of carboxylic acid groups (broad SMARTS) is 2. The Morgan fingerprint density at radius 1 is 0.947 bits per heavy atom. The highest BCUT2D eigenvalue weighted by Gasteiger charge is 2.06. The van der Waals surface area contributed by atoms with Crippen molar-refractivity contribution in [3.8, 4) is 0 Å². The van der Waals surface area contributed by atoms with Gasteiger partial charge in [-0.1, -0.05) is 0 Å². The predicted octanol–water partition coefficient (Wildman–Crippen LogP) is -1.11. The van der Waals surface area contributed by atoms with Crippen molar-refractivity contribution in [1.29, 1.82) is 0 Å². The predicted molar refractivity (Wildman–Crippen MR) is 64.2 cm³/mol. The number of carbonyl (C=O) groups excluding carboxylic acids is 2. The van der Waals surface area contributed by atoms with Crippen LogP contribution in [0.5, 0.6) is 0 Å². The van der Waals surface area contributed by atoms with Gasteiger partial charge in [-0.15, -0.1) is 0 Å². The lowest BCUT2D eigenvalue weighted by Crippen LogP contribution is -2.40. The molecular weight excluding hydrogens is 256 g/mol. The summed E-state index contributed by atoms with van der Waals surface area (Å²) in [5.41, 5.74) is 0. The second-order valence-electron chi connectivity index (χ2n) is 3.50. The molecule has 0 aliphatic carbocycles. The summed E-state index contributed by atoms with van der Waals surface area (Å²) in [6.45, 7) is 1.67. The Morgan fingerprint density at radius 2 is 1.42 bits per heavy atom. The zero-order valence-electron chi connectivity index (χ0n) is 10.1. The van der Waals surface area contributed by atoms with Crippen LogP contribution in [0.1, 0.15) is 6.92 Å². The van der Waals surface area contributed by atoms with Crippen molar-refractivity contribution >= 4 is 23.8 Å². The molecule has 0 aromatic rings. The largest absolute Gasteiger partial charge is 0.478 e. The molecule has 0 aliphatic heterocycles. The molecule has 0 radical (unpaired) electrons. The second-order valence-corrected chi connectivity index (χ2v) is 3.50. The van der Waals surface area contributed by atoms with E-state index in [1.807, 2.05) is 0 Å². The molecule has 104 valence electrons. The van der Waals surface area contributed by atoms with Crippen LogP contribution in [0.2, 0.25) is 0 Å². The minimum atomic E-state index is -1.24. The number of carbonyl (C=O) groups is 4. The highest BCUT2D eigenvalue weighted by molar-refractivity contribution is 5.94. The van der Waals surface area contributed by atoms with Crippen molar-refractivity contribution < 1.29 is 29.4 Å². The van der Waals surface area contributed by atoms with Crippen LogP contribution >= 0.6 is 0 Å². The molecule has 0 aromatic carbocycles. The van der Waals surface area contributed by atoms with Gasteiger partial charge in [0.25, 0.3) is 0 Å². The van der Waals surface area contributed by atoms with Crippen molar-refractivity contribution in [3.63, 3.8) is 0 Å². The molecule has 0 spiro atoms. The summed E-state index contributed by atoms with van der Waals surface area (Å²) in [7, 11) is 0. The lowest BCUT2D eigenvalue weighted by atomic mass is 10.3. The first-order valence-corrected chi connectivity index (χ1v) is 5.21. The van der Waals surface area contributed by atoms with Crippen molar-refractivity contribution in [2.24, 2.45) is 0 Å². The van der Waals surface area contributed by atoms with Crippen LogP contribution in [0.3, 0.4) is 0 Å². The van der Waals surface area contributed by atoms with Gasteiger partial charge in [0, 0.05) is 36.9 Å². The summed E-state index contributed by atoms with van der Waals surface area (Å²) in [5, 5.41) is 21.4. The van der Waals surface area contributed by atoms with Gasteiger partial charge in [-0.05, 0) is 6.92 Å². The van der Waals surface area contributed by atoms with Crippen LogP contribution in [-0.2, 0) is 19.2 Å². The van der Waals surface area contributed by atoms with E-state index < -0.39 is 29.8 Å². The monoisotopic (exact) mass is 270 g/mol. The Kier molecular flexibility index (Phi) is 7.28. The van der Waals surface area contributed by atoms with E-state index in [0.717, 1.165) is 12.2 Å². The zero-order chi connectivity index (χ0) is 14.8. The fourth-order valence-corrected chi connectivity index (χ4v) is 0.949. The number of nitrogens with one attached hydrogen (secondary N) is 2. The first-order valence-electron chi connectivity index (χ1n) is 5.21. The smallest absolute Gasteiger partial charge is 0.328 e. The molecule has 8 nitrogen and oxygen atoms in total. The molecular formula is C11H14N2O6. The molecule has 19 heavy (non-hydrogen) atoms. The van der Waals surface area contributed by atoms with Crippen LogP contribution in [0.4, 0.5) is 0 Å². The average Bonchev–Trinajstić information content (AvgIpc) is 2.31. The minimum absolute atomic E-state index is 0.0788. The molecule has 1 unspecified atom stereocenters. The zero-order valence-corrected chi connectivity index (χ0v) is 10.1. The van der Waals surface area contributed by atoms with Gasteiger partial charge in [-0.3, -0.25) is 9.59 Å². The van der Waals surface area contributed by atoms with E-state index in [9.17, 15) is 19.2 Å². The second kappa shape index (κ2) is 8.45. The van der Waals surface area contributed by atoms with Gasteiger partial charge < -0.3 is 20.8 Å². The molecule has 0 aliphatic rings. The molecule has 0 saturated heterocycles. The molecule has 0 fully saturated rings. The SMILES string of the molecule is CC(CNC(=O)/C=C/C(=O)O)NC(=O)/C=C/C(=O)O. The van der Waals surface area contributed by atoms with E-state index in [4.69, 9.17) is 10.2 Å². The third-order valence-electron chi connectivity index (χ3n) is 1.73. The summed E-state index contributed by atoms with van der Waals surface area (Å²) in [4.78, 5) is 42.5. The number of aliphatic carboxylic acids is 2. The number of rotatable bonds is 7. The summed E-state index contributed by atoms with van der Waals surface area (Å²) in [5.74, 6) is -3.69. The number of hydrogen-bond acceptors (Lipinski definition) is 4. The molecule has 0 heterocycles. The summed E-state index contributed by atoms with van der Waals surface area (Å²) in [6.07, 6.45) is 3.08. The first-order chi connectivity index (χ1) is 8.81. The Bertz CT molecular complexity index is 427. The maximum Gasteiger partial charge on any atom is 0.328 e. The van der Waals surface area contributed by atoms with Crippen LogP contribution in [0, 0.1) is 0 Å². The topological polar surface area (TPSA) is 133 Å². The maximum atomic E-state index is 11.2. The quantitative estimate of drug-likeness (QED) is 0.433. The lowest BCUT2D eigenvalue weighted by Gasteiger charge is -2.12. The fourth-order valence-electron chi connectivity index (χ4n) is 0.949. The van der Waals surface area contributed by atoms with Crippen LogP contribution in [-0.4, -0.2) is 46.6 Å². The molecule has 0 rings (SSSR count). The highest BCUT2D eigenvalue weighted by atomic mass is 16.4. The Morgan fingerprint density at radius 3 is 1.89 bits per heavy atom. The third-order valence-corrected chi connectivity index (χ3v) is 1.73. The number of hydrogen-bond donors (Lipinski definition) is 4. The van der Waals surface area contributed by atoms with Gasteiger partial charge in [-0.25, -0.2) is 9.59 Å². The average molecular weight is 270 g/mol. The minimum Gasteiger partial charge on any atom is -0.478 e. The lowest BCUT2D eigenvalue weighted by molar-refractivity contribution is -0.132. The summed E-state index contributed by atoms with van der Waals surface area (Å²) < 4.78 is 0. The molecule has 0 saturated carbocycles. The van der Waals surface area contributed by atoms with Crippen molar-refractivity contribution in [2.45, 2.75) is 13.0 Å². The van der Waals surface area contributed by atoms with E-state index >= 15 is 0 Å². The van der Waals surface area contributed by atoms with Gasteiger partial charge in [-0.2, -0.15) is 0 Å². The van der Waals surface area contributed by atoms with Gasteiger partial charge >= 0.3 is 11.9 Å². The number of amides is 2. The maximum absolute atomic E-state index is 11.2. The summed E-state index contributed by atoms with van der Waals surface area (Å²) in [6, 6.07) is -0.437. The number of carboxylic acids is 2. The fraction of sp³-hybridized carbons (Fsp3) is 0.273. The van der Waals surface area contributed by atoms with Crippen LogP contribution in [0.15, 0.2) is 24.3 Å². The van der Waals surface area contributed by atoms with Crippen LogP contribution < -0.4 is 10.6 Å². The Hall–Kier alpha value is -2.64. The first kappa shape index (κ1) is 16.4. The van der Waals surface area contributed by atoms with Crippen molar-refractivity contribution in [1.82, 2.24) is 10.6 Å². The van der Waals surface area contributed by atoms with Gasteiger partial charge in [0.2, 0.25) is 11.8 Å². The van der Waals surface area contributed by atoms with Gasteiger partial charge in [0.15, 0.2) is 0 Å². The molecule has 8 heteroatoms. The highest BCUT2D eigenvalue weighted by Crippen LogP contribution is 1.83. The standard InChI is InChI=1S/C11H14N2O6/c1-7(13-9(15)3-5-11(18)19)6-12-8(14)2-4-10(16)17/h2-5,7H,6H2,1H3,(H,12,14)(H,13,15)(H,16,17)(H,18,19)/b4-2+,5-3+. The Balaban J connectivity index is 4.02. The van der Waals surface area contributed by atoms with E-state index in [1.54, 1.807) is 6.92 Å². The van der Waals surface area contributed by atoms with Crippen molar-refractivity contribution in [2.75, 3.05) is 6.54 Å². The van der Waals surface area contributed by atoms with Crippen molar-refractivity contribution in [3.05, 3.63) is 24.3 Å². The summed E-state index contributed by atoms with van der Waals surface area (Å²) >= 11 is 0. The van der Waals surface area contributed by atoms with E-state index in [2.05, 4.69) is 10.6 Å². The van der Waals surface area contributed by atoms with Gasteiger partial charge in [0.1, 0.15) is 0 Å². The molecule has 2 amide bonds. The Labute approximate surface area is 108 Å². The molecule has 0 bridgehead atoms. The van der Waals surface area contributed by atoms with E-state index in [-0.39, 0.29) is 6.54 Å². The van der Waals surface area contributed by atoms with E-state index in [1.165, 1.54) is 0 Å². The normalized spacial score (nSPS) is 12.3. The van der Waals surface area contributed by atoms with Gasteiger partial charge in [0.05, 0.1) is 0 Å². The third kappa shape index (κ3) is 10.2. The molecule has 1 atom stereocenters.